The third-order valence-corrected chi connectivity index (χ3v) is 7.25. The third kappa shape index (κ3) is 3.83. The molecule has 2 aliphatic rings. The van der Waals surface area contributed by atoms with Crippen molar-refractivity contribution in [2.24, 2.45) is 0 Å². The molecule has 0 bridgehead atoms. The van der Waals surface area contributed by atoms with Gasteiger partial charge in [-0.3, -0.25) is 0 Å². The van der Waals surface area contributed by atoms with E-state index >= 15 is 0 Å². The maximum Gasteiger partial charge on any atom is 0.350 e. The molecule has 5 aromatic rings. The summed E-state index contributed by atoms with van der Waals surface area (Å²) in [6.45, 7) is 2.06. The Labute approximate surface area is 228 Å². The number of esters is 3. The fraction of sp³-hybridized carbons (Fsp3) is 0.0606. The highest BCUT2D eigenvalue weighted by Crippen LogP contribution is 2.43. The van der Waals surface area contributed by atoms with Gasteiger partial charge in [0.05, 0.1) is 11.1 Å². The molecule has 7 heteroatoms. The van der Waals surface area contributed by atoms with Crippen LogP contribution in [0.2, 0.25) is 0 Å². The van der Waals surface area contributed by atoms with Gasteiger partial charge in [0.25, 0.3) is 0 Å². The number of cyclic esters (lactones) is 3. The molecule has 0 amide bonds. The first-order valence-corrected chi connectivity index (χ1v) is 12.6. The Bertz CT molecular complexity index is 1870. The van der Waals surface area contributed by atoms with Gasteiger partial charge in [-0.15, -0.1) is 0 Å². The number of hydrogen-bond acceptors (Lipinski definition) is 7. The maximum absolute atomic E-state index is 12.6. The molecule has 1 N–H and O–H groups in total. The van der Waals surface area contributed by atoms with Crippen molar-refractivity contribution in [3.63, 3.8) is 0 Å². The van der Waals surface area contributed by atoms with Crippen LogP contribution in [0.4, 0.5) is 0 Å². The van der Waals surface area contributed by atoms with Crippen molar-refractivity contribution in [3.8, 4) is 33.8 Å². The van der Waals surface area contributed by atoms with Crippen LogP contribution in [0.1, 0.15) is 48.5 Å². The summed E-state index contributed by atoms with van der Waals surface area (Å²) >= 11 is 0. The second-order valence-electron chi connectivity index (χ2n) is 9.79. The van der Waals surface area contributed by atoms with Gasteiger partial charge < -0.3 is 19.3 Å². The van der Waals surface area contributed by atoms with Crippen LogP contribution >= 0.6 is 0 Å². The average Bonchev–Trinajstić information content (AvgIpc) is 3.41. The molecular formula is C33H20O7. The van der Waals surface area contributed by atoms with Crippen molar-refractivity contribution in [2.75, 3.05) is 0 Å². The van der Waals surface area contributed by atoms with Gasteiger partial charge in [-0.25, -0.2) is 14.4 Å². The van der Waals surface area contributed by atoms with Crippen molar-refractivity contribution in [1.29, 1.82) is 0 Å². The highest BCUT2D eigenvalue weighted by molar-refractivity contribution is 6.20. The van der Waals surface area contributed by atoms with Gasteiger partial charge in [-0.05, 0) is 64.9 Å². The lowest BCUT2D eigenvalue weighted by Gasteiger charge is -2.14. The lowest BCUT2D eigenvalue weighted by Crippen LogP contribution is -2.00. The van der Waals surface area contributed by atoms with Crippen LogP contribution in [-0.4, -0.2) is 23.0 Å². The van der Waals surface area contributed by atoms with E-state index in [0.29, 0.717) is 16.5 Å². The summed E-state index contributed by atoms with van der Waals surface area (Å²) in [4.78, 5) is 37.1. The smallest absolute Gasteiger partial charge is 0.350 e. The predicted octanol–water partition coefficient (Wildman–Crippen LogP) is 6.75. The van der Waals surface area contributed by atoms with Gasteiger partial charge in [0.1, 0.15) is 11.3 Å². The Morgan fingerprint density at radius 3 is 1.85 bits per heavy atom. The minimum Gasteiger partial charge on any atom is -0.456 e. The minimum atomic E-state index is -1.43. The summed E-state index contributed by atoms with van der Waals surface area (Å²) in [7, 11) is 0. The molecule has 194 valence electrons. The molecule has 0 spiro atoms. The number of carbonyl (C=O) groups excluding carboxylic acids is 3. The Morgan fingerprint density at radius 2 is 1.23 bits per heavy atom. The van der Waals surface area contributed by atoms with Crippen LogP contribution in [0, 0.1) is 6.92 Å². The quantitative estimate of drug-likeness (QED) is 0.204. The second-order valence-corrected chi connectivity index (χ2v) is 9.79. The van der Waals surface area contributed by atoms with Crippen LogP contribution in [0.15, 0.2) is 91.0 Å². The van der Waals surface area contributed by atoms with Crippen LogP contribution in [0.5, 0.6) is 11.5 Å². The Hall–Kier alpha value is -5.27. The summed E-state index contributed by atoms with van der Waals surface area (Å²) in [6, 6.07) is 28.5. The summed E-state index contributed by atoms with van der Waals surface area (Å²) in [5, 5.41) is 11.1. The van der Waals surface area contributed by atoms with Gasteiger partial charge in [-0.1, -0.05) is 66.2 Å². The van der Waals surface area contributed by atoms with E-state index in [2.05, 4.69) is 55.5 Å². The van der Waals surface area contributed by atoms with Crippen LogP contribution in [0.3, 0.4) is 0 Å². The molecule has 0 fully saturated rings. The Morgan fingerprint density at radius 1 is 0.675 bits per heavy atom. The van der Waals surface area contributed by atoms with Crippen molar-refractivity contribution < 1.29 is 33.7 Å². The molecule has 0 saturated carbocycles. The summed E-state index contributed by atoms with van der Waals surface area (Å²) in [5.74, 6) is -1.76. The number of aryl methyl sites for hydroxylation is 1. The van der Waals surface area contributed by atoms with Crippen molar-refractivity contribution in [1.82, 2.24) is 0 Å². The zero-order valence-corrected chi connectivity index (χ0v) is 21.1. The first kappa shape index (κ1) is 23.8. The van der Waals surface area contributed by atoms with Gasteiger partial charge in [0, 0.05) is 10.9 Å². The molecule has 7 nitrogen and oxygen atoms in total. The van der Waals surface area contributed by atoms with Crippen LogP contribution in [-0.2, 0) is 9.47 Å². The number of aliphatic hydroxyl groups excluding tert-OH is 1. The molecule has 1 atom stereocenters. The molecule has 40 heavy (non-hydrogen) atoms. The summed E-state index contributed by atoms with van der Waals surface area (Å²) in [6.07, 6.45) is -1.43. The number of aliphatic hydroxyl groups is 1. The SMILES string of the molecule is Cc1ccc(-c2ccc(-c3ccc(Oc4c5c(cc6cc7c(cc46)C(O)OC7=O)C(=O)OC5=O)cc3)cc2)cc1. The zero-order valence-electron chi connectivity index (χ0n) is 21.1. The van der Waals surface area contributed by atoms with Gasteiger partial charge in [0.2, 0.25) is 6.29 Å². The van der Waals surface area contributed by atoms with Crippen LogP contribution in [0.25, 0.3) is 33.0 Å². The van der Waals surface area contributed by atoms with Gasteiger partial charge in [0.15, 0.2) is 5.75 Å². The standard InChI is InChI=1S/C33H20O7/c1-17-2-4-18(5-3-17)19-6-8-20(9-7-19)21-10-12-23(13-11-21)38-29-24-16-26-25(30(34)39-31(26)35)14-22(24)15-27-28(29)33(37)40-32(27)36/h2-16,31,35H,1H3. The molecule has 0 aromatic heterocycles. The second kappa shape index (κ2) is 8.90. The van der Waals surface area contributed by atoms with Gasteiger partial charge >= 0.3 is 17.9 Å². The number of benzene rings is 5. The minimum absolute atomic E-state index is 0.00653. The molecular weight excluding hydrogens is 508 g/mol. The fourth-order valence-electron chi connectivity index (χ4n) is 5.14. The van der Waals surface area contributed by atoms with Crippen molar-refractivity contribution in [3.05, 3.63) is 119 Å². The van der Waals surface area contributed by atoms with E-state index < -0.39 is 24.2 Å². The first-order valence-electron chi connectivity index (χ1n) is 12.6. The topological polar surface area (TPSA) is 99.1 Å². The average molecular weight is 529 g/mol. The number of hydrogen-bond donors (Lipinski definition) is 1. The molecule has 7 rings (SSSR count). The zero-order chi connectivity index (χ0) is 27.5. The van der Waals surface area contributed by atoms with E-state index in [1.54, 1.807) is 12.1 Å². The number of rotatable bonds is 4. The van der Waals surface area contributed by atoms with Crippen molar-refractivity contribution >= 4 is 28.7 Å². The first-order chi connectivity index (χ1) is 19.4. The fourth-order valence-corrected chi connectivity index (χ4v) is 5.14. The summed E-state index contributed by atoms with van der Waals surface area (Å²) in [5.41, 5.74) is 5.95. The molecule has 5 aromatic carbocycles. The van der Waals surface area contributed by atoms with E-state index in [9.17, 15) is 19.5 Å². The Kier molecular flexibility index (Phi) is 5.30. The van der Waals surface area contributed by atoms with E-state index in [1.165, 1.54) is 23.8 Å². The van der Waals surface area contributed by atoms with E-state index in [0.717, 1.165) is 22.3 Å². The van der Waals surface area contributed by atoms with E-state index in [1.807, 2.05) is 12.1 Å². The number of fused-ring (bicyclic) bond motifs is 3. The lowest BCUT2D eigenvalue weighted by molar-refractivity contribution is -0.0547. The normalized spacial score (nSPS) is 15.6. The highest BCUT2D eigenvalue weighted by atomic mass is 16.6. The Balaban J connectivity index is 1.24. The van der Waals surface area contributed by atoms with E-state index in [4.69, 9.17) is 14.2 Å². The van der Waals surface area contributed by atoms with Crippen molar-refractivity contribution in [2.45, 2.75) is 13.2 Å². The maximum atomic E-state index is 12.6. The van der Waals surface area contributed by atoms with Crippen LogP contribution < -0.4 is 4.74 Å². The summed E-state index contributed by atoms with van der Waals surface area (Å²) < 4.78 is 16.0. The van der Waals surface area contributed by atoms with E-state index in [-0.39, 0.29) is 28.0 Å². The molecule has 0 aliphatic carbocycles. The lowest BCUT2D eigenvalue weighted by atomic mass is 9.96. The number of ether oxygens (including phenoxy) is 3. The molecule has 0 saturated heterocycles. The molecule has 1 unspecified atom stereocenters. The molecule has 2 heterocycles. The van der Waals surface area contributed by atoms with Gasteiger partial charge in [-0.2, -0.15) is 0 Å². The predicted molar refractivity (Wildman–Crippen MR) is 146 cm³/mol. The monoisotopic (exact) mass is 528 g/mol. The number of carbonyl (C=O) groups is 3. The molecule has 2 aliphatic heterocycles. The third-order valence-electron chi connectivity index (χ3n) is 7.25. The molecule has 0 radical (unpaired) electrons. The highest BCUT2D eigenvalue weighted by Gasteiger charge is 2.37. The largest absolute Gasteiger partial charge is 0.456 e.